The predicted molar refractivity (Wildman–Crippen MR) is 73.5 cm³/mol. The van der Waals surface area contributed by atoms with Crippen molar-refractivity contribution in [2.45, 2.75) is 25.8 Å². The monoisotopic (exact) mass is 315 g/mol. The van der Waals surface area contributed by atoms with Gasteiger partial charge in [-0.15, -0.1) is 0 Å². The van der Waals surface area contributed by atoms with Crippen molar-refractivity contribution >= 4 is 21.8 Å². The van der Waals surface area contributed by atoms with Gasteiger partial charge < -0.3 is 15.5 Å². The summed E-state index contributed by atoms with van der Waals surface area (Å²) in [6.07, 6.45) is 0.457. The Kier molecular flexibility index (Phi) is 5.31. The Hall–Kier alpha value is -0.910. The molecular formula is C13H18BrNO3. The average Bonchev–Trinajstić information content (AvgIpc) is 2.39. The van der Waals surface area contributed by atoms with Gasteiger partial charge >= 0.3 is 0 Å². The van der Waals surface area contributed by atoms with E-state index in [9.17, 15) is 15.0 Å². The van der Waals surface area contributed by atoms with Gasteiger partial charge in [-0.3, -0.25) is 4.79 Å². The lowest BCUT2D eigenvalue weighted by Crippen LogP contribution is -2.53. The summed E-state index contributed by atoms with van der Waals surface area (Å²) < 4.78 is 0.852. The summed E-state index contributed by atoms with van der Waals surface area (Å²) in [6, 6.07) is 5.27. The number of nitrogens with one attached hydrogen (secondary N) is 1. The maximum Gasteiger partial charge on any atom is 0.251 e. The first-order chi connectivity index (χ1) is 8.48. The summed E-state index contributed by atoms with van der Waals surface area (Å²) in [7, 11) is 0. The van der Waals surface area contributed by atoms with Gasteiger partial charge in [-0.05, 0) is 31.0 Å². The highest BCUT2D eigenvalue weighted by molar-refractivity contribution is 9.10. The molecule has 0 aliphatic heterocycles. The Morgan fingerprint density at radius 3 is 2.44 bits per heavy atom. The van der Waals surface area contributed by atoms with Crippen LogP contribution in [-0.4, -0.2) is 34.9 Å². The molecule has 0 aliphatic carbocycles. The van der Waals surface area contributed by atoms with Crippen molar-refractivity contribution in [2.75, 3.05) is 13.2 Å². The fourth-order valence-corrected chi connectivity index (χ4v) is 1.87. The fraction of sp³-hybridized carbons (Fsp3) is 0.462. The number of aliphatic hydroxyl groups is 2. The van der Waals surface area contributed by atoms with Crippen molar-refractivity contribution < 1.29 is 15.0 Å². The molecule has 0 spiro atoms. The van der Waals surface area contributed by atoms with Crippen LogP contribution in [0.25, 0.3) is 0 Å². The second kappa shape index (κ2) is 6.31. The lowest BCUT2D eigenvalue weighted by molar-refractivity contribution is 0.0653. The number of carbonyl (C=O) groups is 1. The van der Waals surface area contributed by atoms with Gasteiger partial charge in [0.1, 0.15) is 0 Å². The number of rotatable bonds is 5. The summed E-state index contributed by atoms with van der Waals surface area (Å²) in [4.78, 5) is 12.0. The molecule has 1 aromatic carbocycles. The smallest absolute Gasteiger partial charge is 0.251 e. The first-order valence-electron chi connectivity index (χ1n) is 5.78. The molecule has 0 fully saturated rings. The van der Waals surface area contributed by atoms with Crippen LogP contribution in [0.4, 0.5) is 0 Å². The molecule has 5 heteroatoms. The molecule has 0 saturated heterocycles. The quantitative estimate of drug-likeness (QED) is 0.773. The number of benzene rings is 1. The van der Waals surface area contributed by atoms with Gasteiger partial charge in [-0.1, -0.05) is 28.9 Å². The van der Waals surface area contributed by atoms with Crippen LogP contribution in [0, 0.1) is 6.92 Å². The third-order valence-corrected chi connectivity index (χ3v) is 3.95. The van der Waals surface area contributed by atoms with Crippen LogP contribution in [0.5, 0.6) is 0 Å². The summed E-state index contributed by atoms with van der Waals surface area (Å²) >= 11 is 3.37. The van der Waals surface area contributed by atoms with Crippen molar-refractivity contribution in [3.8, 4) is 0 Å². The highest BCUT2D eigenvalue weighted by Crippen LogP contribution is 2.18. The molecule has 3 N–H and O–H groups in total. The summed E-state index contributed by atoms with van der Waals surface area (Å²) in [5, 5.41) is 21.3. The minimum atomic E-state index is -0.964. The minimum absolute atomic E-state index is 0.293. The number of halogens is 1. The fourth-order valence-electron chi connectivity index (χ4n) is 1.49. The number of aliphatic hydroxyl groups excluding tert-OH is 2. The minimum Gasteiger partial charge on any atom is -0.394 e. The first kappa shape index (κ1) is 15.1. The number of carbonyl (C=O) groups excluding carboxylic acids is 1. The zero-order valence-corrected chi connectivity index (χ0v) is 12.1. The van der Waals surface area contributed by atoms with Gasteiger partial charge in [0.25, 0.3) is 5.91 Å². The molecule has 0 bridgehead atoms. The molecule has 4 nitrogen and oxygen atoms in total. The van der Waals surface area contributed by atoms with Crippen molar-refractivity contribution in [1.82, 2.24) is 5.32 Å². The summed E-state index contributed by atoms with van der Waals surface area (Å²) in [5.41, 5.74) is 0.568. The van der Waals surface area contributed by atoms with Crippen molar-refractivity contribution in [1.29, 1.82) is 0 Å². The molecule has 100 valence electrons. The Balaban J connectivity index is 2.90. The van der Waals surface area contributed by atoms with E-state index in [4.69, 9.17) is 0 Å². The number of amides is 1. The maximum absolute atomic E-state index is 12.0. The van der Waals surface area contributed by atoms with E-state index < -0.39 is 5.54 Å². The lowest BCUT2D eigenvalue weighted by atomic mass is 9.97. The number of hydrogen-bond donors (Lipinski definition) is 3. The van der Waals surface area contributed by atoms with Crippen LogP contribution in [0.1, 0.15) is 29.3 Å². The Morgan fingerprint density at radius 2 is 2.00 bits per heavy atom. The average molecular weight is 316 g/mol. The molecule has 18 heavy (non-hydrogen) atoms. The molecule has 0 saturated carbocycles. The van der Waals surface area contributed by atoms with Gasteiger partial charge in [-0.2, -0.15) is 0 Å². The highest BCUT2D eigenvalue weighted by atomic mass is 79.9. The van der Waals surface area contributed by atoms with Crippen LogP contribution in [0.15, 0.2) is 22.7 Å². The summed E-state index contributed by atoms with van der Waals surface area (Å²) in [5.74, 6) is -0.305. The third kappa shape index (κ3) is 3.31. The van der Waals surface area contributed by atoms with E-state index in [2.05, 4.69) is 21.2 Å². The van der Waals surface area contributed by atoms with E-state index in [1.54, 1.807) is 19.1 Å². The molecule has 1 rings (SSSR count). The normalized spacial score (nSPS) is 11.4. The third-order valence-electron chi connectivity index (χ3n) is 3.09. The molecular weight excluding hydrogens is 298 g/mol. The number of hydrogen-bond acceptors (Lipinski definition) is 3. The standard InChI is InChI=1S/C13H18BrNO3/c1-3-13(7-16,8-17)15-12(18)10-5-4-9(2)11(14)6-10/h4-6,16-17H,3,7-8H2,1-2H3,(H,15,18). The van der Waals surface area contributed by atoms with Crippen LogP contribution >= 0.6 is 15.9 Å². The second-order valence-electron chi connectivity index (χ2n) is 4.37. The van der Waals surface area contributed by atoms with E-state index in [-0.39, 0.29) is 19.1 Å². The SMILES string of the molecule is CCC(CO)(CO)NC(=O)c1ccc(C)c(Br)c1. The van der Waals surface area contributed by atoms with Crippen molar-refractivity contribution in [3.63, 3.8) is 0 Å². The molecule has 1 amide bonds. The number of aryl methyl sites for hydroxylation is 1. The zero-order valence-electron chi connectivity index (χ0n) is 10.5. The van der Waals surface area contributed by atoms with Gasteiger partial charge in [0, 0.05) is 10.0 Å². The first-order valence-corrected chi connectivity index (χ1v) is 6.57. The highest BCUT2D eigenvalue weighted by Gasteiger charge is 2.28. The van der Waals surface area contributed by atoms with Crippen LogP contribution in [0.2, 0.25) is 0 Å². The van der Waals surface area contributed by atoms with Crippen molar-refractivity contribution in [3.05, 3.63) is 33.8 Å². The van der Waals surface area contributed by atoms with Crippen molar-refractivity contribution in [2.24, 2.45) is 0 Å². The van der Waals surface area contributed by atoms with Crippen LogP contribution in [0.3, 0.4) is 0 Å². The Morgan fingerprint density at radius 1 is 1.39 bits per heavy atom. The molecule has 0 unspecified atom stereocenters. The molecule has 0 atom stereocenters. The topological polar surface area (TPSA) is 69.6 Å². The summed E-state index contributed by atoms with van der Waals surface area (Å²) in [6.45, 7) is 3.15. The Labute approximate surface area is 115 Å². The molecule has 1 aromatic rings. The maximum atomic E-state index is 12.0. The van der Waals surface area contributed by atoms with Gasteiger partial charge in [0.2, 0.25) is 0 Å². The van der Waals surface area contributed by atoms with E-state index in [0.717, 1.165) is 10.0 Å². The van der Waals surface area contributed by atoms with E-state index in [1.165, 1.54) is 0 Å². The van der Waals surface area contributed by atoms with E-state index in [0.29, 0.717) is 12.0 Å². The van der Waals surface area contributed by atoms with Crippen LogP contribution < -0.4 is 5.32 Å². The molecule has 0 radical (unpaired) electrons. The predicted octanol–water partition coefficient (Wildman–Crippen LogP) is 1.62. The van der Waals surface area contributed by atoms with E-state index in [1.807, 2.05) is 13.0 Å². The Bertz CT molecular complexity index is 422. The van der Waals surface area contributed by atoms with Gasteiger partial charge in [0.05, 0.1) is 18.8 Å². The molecule has 0 heterocycles. The molecule has 0 aromatic heterocycles. The van der Waals surface area contributed by atoms with Gasteiger partial charge in [-0.25, -0.2) is 0 Å². The largest absolute Gasteiger partial charge is 0.394 e. The lowest BCUT2D eigenvalue weighted by Gasteiger charge is -2.29. The van der Waals surface area contributed by atoms with E-state index >= 15 is 0 Å². The molecule has 0 aliphatic rings. The zero-order chi connectivity index (χ0) is 13.8. The van der Waals surface area contributed by atoms with Crippen LogP contribution in [-0.2, 0) is 0 Å². The van der Waals surface area contributed by atoms with Gasteiger partial charge in [0.15, 0.2) is 0 Å². The second-order valence-corrected chi connectivity index (χ2v) is 5.22.